The fraction of sp³-hybridized carbons (Fsp3) is 0.133. The van der Waals surface area contributed by atoms with Gasteiger partial charge in [-0.1, -0.05) is 161 Å². The smallest absolute Gasteiger partial charge is 0.160 e. The van der Waals surface area contributed by atoms with E-state index in [9.17, 15) is 0 Å². The van der Waals surface area contributed by atoms with Gasteiger partial charge in [0.2, 0.25) is 0 Å². The van der Waals surface area contributed by atoms with Crippen molar-refractivity contribution in [3.8, 4) is 51.0 Å². The van der Waals surface area contributed by atoms with Crippen molar-refractivity contribution in [2.75, 3.05) is 4.90 Å². The molecule has 14 rings (SSSR count). The van der Waals surface area contributed by atoms with Crippen molar-refractivity contribution in [2.24, 2.45) is 0 Å². The summed E-state index contributed by atoms with van der Waals surface area (Å²) < 4.78 is 7.48. The summed E-state index contributed by atoms with van der Waals surface area (Å²) in [4.78, 5) is 13.4. The molecular formula is C60H46N6. The van der Waals surface area contributed by atoms with Gasteiger partial charge >= 0.3 is 0 Å². The predicted octanol–water partition coefficient (Wildman–Crippen LogP) is 14.3. The molecule has 0 saturated heterocycles. The predicted molar refractivity (Wildman–Crippen MR) is 270 cm³/mol. The van der Waals surface area contributed by atoms with Crippen LogP contribution in [-0.4, -0.2) is 29.7 Å². The second kappa shape index (κ2) is 13.3. The third-order valence-corrected chi connectivity index (χ3v) is 15.0. The summed E-state index contributed by atoms with van der Waals surface area (Å²) in [5, 5.41) is 2.50. The van der Waals surface area contributed by atoms with E-state index in [4.69, 9.17) is 9.97 Å². The Hall–Kier alpha value is -7.96. The van der Waals surface area contributed by atoms with Crippen molar-refractivity contribution >= 4 is 38.8 Å². The Labute approximate surface area is 384 Å². The first-order valence-electron chi connectivity index (χ1n) is 23.2. The molecule has 7 heterocycles. The Morgan fingerprint density at radius 1 is 0.545 bits per heavy atom. The van der Waals surface area contributed by atoms with Crippen LogP contribution < -0.4 is 4.90 Å². The van der Waals surface area contributed by atoms with E-state index in [0.717, 1.165) is 45.9 Å². The van der Waals surface area contributed by atoms with Gasteiger partial charge in [-0.3, -0.25) is 0 Å². The number of aromatic nitrogens is 5. The summed E-state index contributed by atoms with van der Waals surface area (Å²) in [6.45, 7) is 9.56. The van der Waals surface area contributed by atoms with E-state index in [1.54, 1.807) is 0 Å². The number of benzene rings is 6. The fourth-order valence-electron chi connectivity index (χ4n) is 12.1. The molecule has 6 nitrogen and oxygen atoms in total. The van der Waals surface area contributed by atoms with Gasteiger partial charge in [0.1, 0.15) is 0 Å². The number of rotatable bonds is 5. The molecule has 6 heteroatoms. The summed E-state index contributed by atoms with van der Waals surface area (Å²) in [6, 6.07) is 57.2. The summed E-state index contributed by atoms with van der Waals surface area (Å²) in [6.07, 6.45) is 12.6. The summed E-state index contributed by atoms with van der Waals surface area (Å²) >= 11 is 0. The number of nitrogens with zero attached hydrogens (tertiary/aromatic N) is 6. The minimum Gasteiger partial charge on any atom is -0.331 e. The molecular weight excluding hydrogens is 805 g/mol. The maximum absolute atomic E-state index is 5.47. The standard InChI is InChI=1S/C60H46N6/c1-59(2)46-25-13-17-29-52(46)63-35-44-42-23-11-15-27-50(42)65(54(44)56(59)63)40-31-39(49-34-48(37-19-7-5-8-20-37)61-58(62-49)38-21-9-6-10-22-38)32-41(33-40)66-51-28-16-12-24-43(51)45-36-64-53-30-18-14-26-47(53)60(3,4)57(64)55(45)66/h5-27,29-36,51H,28H2,1-4H3. The zero-order valence-corrected chi connectivity index (χ0v) is 37.4. The van der Waals surface area contributed by atoms with Gasteiger partial charge in [0.05, 0.1) is 45.5 Å². The Bertz CT molecular complexity index is 3680. The first-order valence-corrected chi connectivity index (χ1v) is 23.2. The molecule has 10 aromatic rings. The number of para-hydroxylation sites is 3. The normalized spacial score (nSPS) is 16.8. The average molecular weight is 851 g/mol. The van der Waals surface area contributed by atoms with Crippen molar-refractivity contribution in [1.29, 1.82) is 0 Å². The number of hydrogen-bond donors (Lipinski definition) is 0. The van der Waals surface area contributed by atoms with Gasteiger partial charge in [-0.05, 0) is 65.6 Å². The molecule has 0 saturated carbocycles. The molecule has 0 radical (unpaired) electrons. The lowest BCUT2D eigenvalue weighted by Crippen LogP contribution is -2.30. The third kappa shape index (κ3) is 5.01. The lowest BCUT2D eigenvalue weighted by atomic mass is 9.82. The SMILES string of the molecule is CC1(C)c2ccccc2-n2cc3c(c21)N(c1cc(-c2cc(-c4ccccc4)nc(-c4ccccc4)n2)cc(-n2c4ccccc4c4cn5c(c42)C(C)(C)c2ccccc2-5)c1)C1CC=CC=C31. The molecule has 4 aliphatic rings. The molecule has 66 heavy (non-hydrogen) atoms. The van der Waals surface area contributed by atoms with E-state index in [0.29, 0.717) is 5.82 Å². The Balaban J connectivity index is 1.08. The van der Waals surface area contributed by atoms with Gasteiger partial charge < -0.3 is 18.6 Å². The fourth-order valence-corrected chi connectivity index (χ4v) is 12.1. The van der Waals surface area contributed by atoms with E-state index in [1.807, 2.05) is 6.07 Å². The van der Waals surface area contributed by atoms with Crippen LogP contribution in [0.4, 0.5) is 11.4 Å². The highest BCUT2D eigenvalue weighted by molar-refractivity contribution is 6.12. The van der Waals surface area contributed by atoms with Crippen LogP contribution in [0.25, 0.3) is 78.3 Å². The summed E-state index contributed by atoms with van der Waals surface area (Å²) in [5.74, 6) is 0.702. The van der Waals surface area contributed by atoms with Crippen LogP contribution in [0.15, 0.2) is 188 Å². The topological polar surface area (TPSA) is 43.8 Å². The average Bonchev–Trinajstić information content (AvgIpc) is 4.17. The zero-order valence-electron chi connectivity index (χ0n) is 37.4. The van der Waals surface area contributed by atoms with Crippen molar-refractivity contribution < 1.29 is 0 Å². The number of allylic oxidation sites excluding steroid dienone is 2. The lowest BCUT2D eigenvalue weighted by molar-refractivity contribution is 0.639. The van der Waals surface area contributed by atoms with Crippen LogP contribution in [0.3, 0.4) is 0 Å². The molecule has 0 amide bonds. The molecule has 1 aliphatic carbocycles. The lowest BCUT2D eigenvalue weighted by Gasteiger charge is -2.32. The molecule has 0 spiro atoms. The van der Waals surface area contributed by atoms with Crippen LogP contribution in [0, 0.1) is 0 Å². The van der Waals surface area contributed by atoms with E-state index >= 15 is 0 Å². The van der Waals surface area contributed by atoms with E-state index in [1.165, 1.54) is 72.5 Å². The molecule has 4 aromatic heterocycles. The maximum atomic E-state index is 5.47. The van der Waals surface area contributed by atoms with Gasteiger partial charge in [0.15, 0.2) is 5.82 Å². The van der Waals surface area contributed by atoms with Gasteiger partial charge in [-0.25, -0.2) is 9.97 Å². The summed E-state index contributed by atoms with van der Waals surface area (Å²) in [5.41, 5.74) is 20.9. The molecule has 1 atom stereocenters. The molecule has 0 N–H and O–H groups in total. The first-order chi connectivity index (χ1) is 32.3. The van der Waals surface area contributed by atoms with Gasteiger partial charge in [0.25, 0.3) is 0 Å². The molecule has 1 unspecified atom stereocenters. The van der Waals surface area contributed by atoms with Crippen molar-refractivity contribution in [2.45, 2.75) is 51.0 Å². The Morgan fingerprint density at radius 2 is 1.15 bits per heavy atom. The monoisotopic (exact) mass is 850 g/mol. The highest BCUT2D eigenvalue weighted by atomic mass is 15.2. The van der Waals surface area contributed by atoms with Gasteiger partial charge in [0, 0.05) is 79.0 Å². The maximum Gasteiger partial charge on any atom is 0.160 e. The highest BCUT2D eigenvalue weighted by Crippen LogP contribution is 2.58. The van der Waals surface area contributed by atoms with E-state index < -0.39 is 0 Å². The van der Waals surface area contributed by atoms with E-state index in [2.05, 4.69) is 229 Å². The minimum atomic E-state index is -0.238. The van der Waals surface area contributed by atoms with Crippen LogP contribution in [0.5, 0.6) is 0 Å². The van der Waals surface area contributed by atoms with Crippen molar-refractivity contribution in [3.63, 3.8) is 0 Å². The number of anilines is 2. The number of fused-ring (bicyclic) bond motifs is 14. The van der Waals surface area contributed by atoms with Gasteiger partial charge in [-0.15, -0.1) is 0 Å². The molecule has 0 fully saturated rings. The van der Waals surface area contributed by atoms with Crippen molar-refractivity contribution in [1.82, 2.24) is 23.7 Å². The summed E-state index contributed by atoms with van der Waals surface area (Å²) in [7, 11) is 0. The van der Waals surface area contributed by atoms with Gasteiger partial charge in [-0.2, -0.15) is 0 Å². The zero-order chi connectivity index (χ0) is 44.1. The van der Waals surface area contributed by atoms with Crippen LogP contribution in [0.2, 0.25) is 0 Å². The number of hydrogen-bond acceptors (Lipinski definition) is 3. The van der Waals surface area contributed by atoms with E-state index in [-0.39, 0.29) is 16.9 Å². The molecule has 6 aromatic carbocycles. The second-order valence-corrected chi connectivity index (χ2v) is 19.5. The quantitative estimate of drug-likeness (QED) is 0.173. The van der Waals surface area contributed by atoms with Crippen LogP contribution in [0.1, 0.15) is 62.2 Å². The Morgan fingerprint density at radius 3 is 1.89 bits per heavy atom. The molecule has 316 valence electrons. The highest BCUT2D eigenvalue weighted by Gasteiger charge is 2.47. The third-order valence-electron chi connectivity index (χ3n) is 15.0. The first kappa shape index (κ1) is 37.4. The second-order valence-electron chi connectivity index (χ2n) is 19.5. The Kier molecular flexibility index (Phi) is 7.54. The van der Waals surface area contributed by atoms with Crippen LogP contribution in [-0.2, 0) is 10.8 Å². The minimum absolute atomic E-state index is 0.132. The molecule has 3 aliphatic heterocycles. The largest absolute Gasteiger partial charge is 0.331 e. The van der Waals surface area contributed by atoms with Crippen LogP contribution >= 0.6 is 0 Å². The molecule has 0 bridgehead atoms. The van der Waals surface area contributed by atoms with Crippen molar-refractivity contribution in [3.05, 3.63) is 216 Å².